The van der Waals surface area contributed by atoms with E-state index < -0.39 is 0 Å². The van der Waals surface area contributed by atoms with Crippen molar-refractivity contribution in [2.75, 3.05) is 26.0 Å². The van der Waals surface area contributed by atoms with E-state index >= 15 is 0 Å². The Morgan fingerprint density at radius 3 is 2.82 bits per heavy atom. The molecule has 2 rings (SSSR count). The van der Waals surface area contributed by atoms with Gasteiger partial charge in [-0.1, -0.05) is 0 Å². The zero-order chi connectivity index (χ0) is 12.1. The molecule has 0 spiro atoms. The van der Waals surface area contributed by atoms with Gasteiger partial charge in [0.15, 0.2) is 0 Å². The molecular weight excluding hydrogens is 216 g/mol. The Morgan fingerprint density at radius 1 is 1.35 bits per heavy atom. The van der Waals surface area contributed by atoms with Gasteiger partial charge in [-0.3, -0.25) is 4.68 Å². The van der Waals surface area contributed by atoms with Gasteiger partial charge in [0.05, 0.1) is 18.4 Å². The van der Waals surface area contributed by atoms with Gasteiger partial charge in [0.1, 0.15) is 0 Å². The van der Waals surface area contributed by atoms with E-state index in [-0.39, 0.29) is 0 Å². The van der Waals surface area contributed by atoms with Crippen LogP contribution in [0.4, 0.5) is 11.6 Å². The van der Waals surface area contributed by atoms with Crippen LogP contribution in [0.5, 0.6) is 0 Å². The third kappa shape index (κ3) is 3.53. The van der Waals surface area contributed by atoms with Gasteiger partial charge >= 0.3 is 0 Å². The largest absolute Gasteiger partial charge is 0.321 e. The molecule has 2 heterocycles. The zero-order valence-corrected chi connectivity index (χ0v) is 9.96. The molecule has 2 aromatic rings. The summed E-state index contributed by atoms with van der Waals surface area (Å²) in [6, 6.07) is 2.77. The summed E-state index contributed by atoms with van der Waals surface area (Å²) in [5.74, 6) is 0.552. The Hall–Kier alpha value is -1.95. The quantitative estimate of drug-likeness (QED) is 0.824. The molecule has 17 heavy (non-hydrogen) atoms. The Labute approximate surface area is 100 Å². The highest BCUT2D eigenvalue weighted by molar-refractivity contribution is 5.49. The lowest BCUT2D eigenvalue weighted by Crippen LogP contribution is -2.18. The summed E-state index contributed by atoms with van der Waals surface area (Å²) < 4.78 is 1.89. The molecule has 2 aromatic heterocycles. The van der Waals surface area contributed by atoms with Crippen molar-refractivity contribution < 1.29 is 0 Å². The minimum absolute atomic E-state index is 0.552. The third-order valence-electron chi connectivity index (χ3n) is 2.19. The lowest BCUT2D eigenvalue weighted by molar-refractivity contribution is 0.373. The van der Waals surface area contributed by atoms with Crippen LogP contribution in [-0.2, 0) is 6.54 Å². The van der Waals surface area contributed by atoms with Gasteiger partial charge in [0, 0.05) is 31.2 Å². The second kappa shape index (κ2) is 5.40. The zero-order valence-electron chi connectivity index (χ0n) is 9.96. The van der Waals surface area contributed by atoms with Crippen LogP contribution < -0.4 is 5.32 Å². The summed E-state index contributed by atoms with van der Waals surface area (Å²) in [6.07, 6.45) is 6.84. The van der Waals surface area contributed by atoms with E-state index in [4.69, 9.17) is 0 Å². The van der Waals surface area contributed by atoms with Crippen LogP contribution in [-0.4, -0.2) is 45.3 Å². The Bertz CT molecular complexity index is 450. The summed E-state index contributed by atoms with van der Waals surface area (Å²) in [5, 5.41) is 7.32. The molecule has 0 aliphatic heterocycles. The Balaban J connectivity index is 1.94. The number of rotatable bonds is 5. The summed E-state index contributed by atoms with van der Waals surface area (Å²) in [5.41, 5.74) is 0.884. The maximum absolute atomic E-state index is 4.25. The van der Waals surface area contributed by atoms with Gasteiger partial charge in [0.25, 0.3) is 0 Å². The number of aromatic nitrogens is 4. The summed E-state index contributed by atoms with van der Waals surface area (Å²) in [7, 11) is 4.08. The van der Waals surface area contributed by atoms with Crippen molar-refractivity contribution in [1.82, 2.24) is 24.6 Å². The second-order valence-corrected chi connectivity index (χ2v) is 3.93. The van der Waals surface area contributed by atoms with Crippen LogP contribution in [0.3, 0.4) is 0 Å². The number of likely N-dealkylation sites (N-methyl/N-ethyl adjacent to an activating group) is 1. The average molecular weight is 231 g/mol. The van der Waals surface area contributed by atoms with E-state index in [1.807, 2.05) is 25.0 Å². The van der Waals surface area contributed by atoms with E-state index in [0.29, 0.717) is 5.95 Å². The highest BCUT2D eigenvalue weighted by atomic mass is 15.3. The first-order valence-electron chi connectivity index (χ1n) is 5.36. The number of anilines is 2. The lowest BCUT2D eigenvalue weighted by Gasteiger charge is -2.08. The molecule has 0 saturated carbocycles. The fourth-order valence-corrected chi connectivity index (χ4v) is 1.31. The molecule has 0 fully saturated rings. The van der Waals surface area contributed by atoms with E-state index in [9.17, 15) is 0 Å². The Morgan fingerprint density at radius 2 is 2.12 bits per heavy atom. The minimum Gasteiger partial charge on any atom is -0.321 e. The molecule has 0 bridgehead atoms. The van der Waals surface area contributed by atoms with Gasteiger partial charge < -0.3 is 10.2 Å². The fourth-order valence-electron chi connectivity index (χ4n) is 1.31. The maximum atomic E-state index is 4.25. The van der Waals surface area contributed by atoms with E-state index in [0.717, 1.165) is 18.8 Å². The van der Waals surface area contributed by atoms with Gasteiger partial charge in [-0.2, -0.15) is 5.10 Å². The molecule has 6 nitrogen and oxygen atoms in total. The maximum Gasteiger partial charge on any atom is 0.227 e. The van der Waals surface area contributed by atoms with Gasteiger partial charge in [-0.05, 0) is 14.1 Å². The lowest BCUT2D eigenvalue weighted by atomic mass is 10.5. The van der Waals surface area contributed by atoms with E-state index in [1.54, 1.807) is 18.6 Å². The van der Waals surface area contributed by atoms with Gasteiger partial charge in [-0.25, -0.2) is 9.97 Å². The summed E-state index contributed by atoms with van der Waals surface area (Å²) in [6.45, 7) is 1.82. The van der Waals surface area contributed by atoms with E-state index in [2.05, 4.69) is 31.3 Å². The predicted molar refractivity (Wildman–Crippen MR) is 64.9 cm³/mol. The second-order valence-electron chi connectivity index (χ2n) is 3.93. The standard InChI is InChI=1S/C11H15N6/c1-16(2)6-7-17-9-10(8-14-17)15-11-12-4-3-5-13-11/h4-5,8-9H,6-7H2,1-2H3,(H,12,13,15). The number of nitrogens with zero attached hydrogens (tertiary/aromatic N) is 5. The first kappa shape index (κ1) is 11.5. The Kier molecular flexibility index (Phi) is 3.66. The molecule has 0 amide bonds. The molecule has 0 unspecified atom stereocenters. The van der Waals surface area contributed by atoms with Crippen LogP contribution in [0.25, 0.3) is 0 Å². The highest BCUT2D eigenvalue weighted by Crippen LogP contribution is 2.09. The van der Waals surface area contributed by atoms with Crippen molar-refractivity contribution in [1.29, 1.82) is 0 Å². The van der Waals surface area contributed by atoms with Crippen molar-refractivity contribution in [3.63, 3.8) is 0 Å². The molecule has 0 saturated heterocycles. The number of nitrogens with one attached hydrogen (secondary N) is 1. The molecule has 89 valence electrons. The molecular formula is C11H15N6. The first-order valence-corrected chi connectivity index (χ1v) is 5.36. The highest BCUT2D eigenvalue weighted by Gasteiger charge is 2.00. The summed E-state index contributed by atoms with van der Waals surface area (Å²) in [4.78, 5) is 10.2. The SMILES string of the molecule is CN(C)CCn1cc(Nc2nc[c]cn2)cn1. The molecule has 1 N–H and O–H groups in total. The topological polar surface area (TPSA) is 58.9 Å². The fraction of sp³-hybridized carbons (Fsp3) is 0.364. The molecule has 0 aliphatic rings. The average Bonchev–Trinajstić information content (AvgIpc) is 2.75. The molecule has 0 atom stereocenters. The molecule has 6 heteroatoms. The molecule has 1 radical (unpaired) electrons. The van der Waals surface area contributed by atoms with Gasteiger partial charge in [-0.15, -0.1) is 0 Å². The normalized spacial score (nSPS) is 10.8. The monoisotopic (exact) mass is 231 g/mol. The number of hydrogen-bond acceptors (Lipinski definition) is 5. The molecule has 0 aromatic carbocycles. The van der Waals surface area contributed by atoms with E-state index in [1.165, 1.54) is 0 Å². The van der Waals surface area contributed by atoms with Crippen LogP contribution in [0.15, 0.2) is 24.8 Å². The smallest absolute Gasteiger partial charge is 0.227 e. The van der Waals surface area contributed by atoms with Crippen LogP contribution in [0.2, 0.25) is 0 Å². The van der Waals surface area contributed by atoms with Crippen molar-refractivity contribution in [3.8, 4) is 0 Å². The molecule has 0 aliphatic carbocycles. The van der Waals surface area contributed by atoms with Crippen LogP contribution in [0, 0.1) is 6.07 Å². The van der Waals surface area contributed by atoms with Crippen molar-refractivity contribution in [2.45, 2.75) is 6.54 Å². The van der Waals surface area contributed by atoms with Crippen molar-refractivity contribution in [2.24, 2.45) is 0 Å². The first-order chi connectivity index (χ1) is 8.24. The number of hydrogen-bond donors (Lipinski definition) is 1. The summed E-state index contributed by atoms with van der Waals surface area (Å²) >= 11 is 0. The third-order valence-corrected chi connectivity index (χ3v) is 2.19. The van der Waals surface area contributed by atoms with Crippen molar-refractivity contribution >= 4 is 11.6 Å². The van der Waals surface area contributed by atoms with Crippen molar-refractivity contribution in [3.05, 3.63) is 30.9 Å². The van der Waals surface area contributed by atoms with Crippen LogP contribution >= 0.6 is 0 Å². The minimum atomic E-state index is 0.552. The van der Waals surface area contributed by atoms with Crippen LogP contribution in [0.1, 0.15) is 0 Å². The predicted octanol–water partition coefficient (Wildman–Crippen LogP) is 0.778. The van der Waals surface area contributed by atoms with Gasteiger partial charge in [0.2, 0.25) is 5.95 Å².